The summed E-state index contributed by atoms with van der Waals surface area (Å²) in [5.41, 5.74) is 4.55. The van der Waals surface area contributed by atoms with Crippen molar-refractivity contribution < 1.29 is 0 Å². The molecule has 0 bridgehead atoms. The standard InChI is InChI=1S/C17H28N2.2ClH/c1-13-6-7-14(2)15(12-13)16(17(3,4)5)19-10-8-18-9-11-19;;/h6-7,12,16,18H,8-11H2,1-5H3;2*1H/t16-;;/m0../s1. The molecule has 0 spiro atoms. The van der Waals surface area contributed by atoms with Crippen LogP contribution in [-0.4, -0.2) is 31.1 Å². The molecule has 1 saturated heterocycles. The Balaban J connectivity index is 0.00000200. The molecule has 1 heterocycles. The summed E-state index contributed by atoms with van der Waals surface area (Å²) < 4.78 is 0. The third-order valence-electron chi connectivity index (χ3n) is 4.07. The van der Waals surface area contributed by atoms with Gasteiger partial charge in [0.25, 0.3) is 0 Å². The highest BCUT2D eigenvalue weighted by atomic mass is 35.5. The van der Waals surface area contributed by atoms with Crippen LogP contribution in [0.15, 0.2) is 18.2 Å². The smallest absolute Gasteiger partial charge is 0.0400 e. The SMILES string of the molecule is Cc1ccc(C)c([C@H](N2CCNCC2)C(C)(C)C)c1.Cl.Cl. The van der Waals surface area contributed by atoms with Gasteiger partial charge in [-0.25, -0.2) is 0 Å². The monoisotopic (exact) mass is 332 g/mol. The Morgan fingerprint density at radius 2 is 1.62 bits per heavy atom. The van der Waals surface area contributed by atoms with Crippen molar-refractivity contribution in [2.75, 3.05) is 26.2 Å². The summed E-state index contributed by atoms with van der Waals surface area (Å²) in [6.07, 6.45) is 0. The van der Waals surface area contributed by atoms with Crippen LogP contribution in [0.4, 0.5) is 0 Å². The third kappa shape index (κ3) is 5.14. The molecule has 1 N–H and O–H groups in total. The second-order valence-electron chi connectivity index (χ2n) is 6.91. The van der Waals surface area contributed by atoms with Gasteiger partial charge < -0.3 is 5.32 Å². The first kappa shape index (κ1) is 20.7. The molecule has 0 saturated carbocycles. The van der Waals surface area contributed by atoms with Gasteiger partial charge in [0, 0.05) is 32.2 Å². The molecule has 0 aromatic heterocycles. The summed E-state index contributed by atoms with van der Waals surface area (Å²) in [6.45, 7) is 16.0. The van der Waals surface area contributed by atoms with Crippen molar-refractivity contribution in [3.8, 4) is 0 Å². The molecule has 4 heteroatoms. The summed E-state index contributed by atoms with van der Waals surface area (Å²) in [5, 5.41) is 3.46. The first-order valence-electron chi connectivity index (χ1n) is 7.41. The summed E-state index contributed by atoms with van der Waals surface area (Å²) in [5.74, 6) is 0. The fraction of sp³-hybridized carbons (Fsp3) is 0.647. The molecule has 1 atom stereocenters. The Kier molecular flexibility index (Phi) is 8.27. The highest BCUT2D eigenvalue weighted by Gasteiger charge is 2.33. The van der Waals surface area contributed by atoms with Gasteiger partial charge in [0.05, 0.1) is 0 Å². The number of hydrogen-bond acceptors (Lipinski definition) is 2. The summed E-state index contributed by atoms with van der Waals surface area (Å²) >= 11 is 0. The van der Waals surface area contributed by atoms with E-state index in [2.05, 4.69) is 63.0 Å². The molecule has 2 nitrogen and oxygen atoms in total. The number of hydrogen-bond donors (Lipinski definition) is 1. The van der Waals surface area contributed by atoms with E-state index in [0.29, 0.717) is 6.04 Å². The quantitative estimate of drug-likeness (QED) is 0.875. The van der Waals surface area contributed by atoms with E-state index in [4.69, 9.17) is 0 Å². The lowest BCUT2D eigenvalue weighted by Crippen LogP contribution is -2.48. The molecule has 2 rings (SSSR count). The van der Waals surface area contributed by atoms with Crippen molar-refractivity contribution in [3.63, 3.8) is 0 Å². The van der Waals surface area contributed by atoms with E-state index in [0.717, 1.165) is 26.2 Å². The third-order valence-corrected chi connectivity index (χ3v) is 4.07. The Morgan fingerprint density at radius 1 is 1.05 bits per heavy atom. The van der Waals surface area contributed by atoms with E-state index in [9.17, 15) is 0 Å². The second-order valence-corrected chi connectivity index (χ2v) is 6.91. The average Bonchev–Trinajstić information content (AvgIpc) is 2.33. The van der Waals surface area contributed by atoms with Gasteiger partial charge in [-0.15, -0.1) is 24.8 Å². The van der Waals surface area contributed by atoms with Crippen LogP contribution in [0.3, 0.4) is 0 Å². The second kappa shape index (κ2) is 8.38. The zero-order valence-electron chi connectivity index (χ0n) is 13.9. The van der Waals surface area contributed by atoms with E-state index in [1.165, 1.54) is 16.7 Å². The van der Waals surface area contributed by atoms with Crippen molar-refractivity contribution in [1.82, 2.24) is 10.2 Å². The van der Waals surface area contributed by atoms with Gasteiger partial charge in [-0.3, -0.25) is 4.90 Å². The first-order valence-corrected chi connectivity index (χ1v) is 7.41. The number of nitrogens with zero attached hydrogens (tertiary/aromatic N) is 1. The van der Waals surface area contributed by atoms with Crippen LogP contribution in [0, 0.1) is 19.3 Å². The lowest BCUT2D eigenvalue weighted by atomic mass is 9.79. The maximum absolute atomic E-state index is 3.46. The minimum Gasteiger partial charge on any atom is -0.314 e. The molecule has 1 aromatic rings. The Morgan fingerprint density at radius 3 is 2.14 bits per heavy atom. The maximum atomic E-state index is 3.46. The molecule has 21 heavy (non-hydrogen) atoms. The van der Waals surface area contributed by atoms with E-state index >= 15 is 0 Å². The molecule has 122 valence electrons. The number of halogens is 2. The van der Waals surface area contributed by atoms with Crippen molar-refractivity contribution in [2.45, 2.75) is 40.7 Å². The van der Waals surface area contributed by atoms with Crippen molar-refractivity contribution in [1.29, 1.82) is 0 Å². The van der Waals surface area contributed by atoms with Crippen LogP contribution in [0.25, 0.3) is 0 Å². The highest BCUT2D eigenvalue weighted by Crippen LogP contribution is 2.39. The normalized spacial score (nSPS) is 17.6. The molecule has 1 aliphatic rings. The Hall–Kier alpha value is -0.280. The highest BCUT2D eigenvalue weighted by molar-refractivity contribution is 5.85. The Bertz CT molecular complexity index is 435. The van der Waals surface area contributed by atoms with Gasteiger partial charge in [0.15, 0.2) is 0 Å². The molecule has 0 aliphatic carbocycles. The van der Waals surface area contributed by atoms with Crippen LogP contribution < -0.4 is 5.32 Å². The molecule has 1 aromatic carbocycles. The van der Waals surface area contributed by atoms with Gasteiger partial charge in [-0.2, -0.15) is 0 Å². The summed E-state index contributed by atoms with van der Waals surface area (Å²) in [7, 11) is 0. The average molecular weight is 333 g/mol. The number of benzene rings is 1. The predicted molar refractivity (Wildman–Crippen MR) is 97.1 cm³/mol. The van der Waals surface area contributed by atoms with Gasteiger partial charge in [0.1, 0.15) is 0 Å². The van der Waals surface area contributed by atoms with Crippen LogP contribution in [0.2, 0.25) is 0 Å². The van der Waals surface area contributed by atoms with Gasteiger partial charge >= 0.3 is 0 Å². The lowest BCUT2D eigenvalue weighted by molar-refractivity contribution is 0.0857. The fourth-order valence-electron chi connectivity index (χ4n) is 3.21. The van der Waals surface area contributed by atoms with Crippen molar-refractivity contribution in [2.24, 2.45) is 5.41 Å². The largest absolute Gasteiger partial charge is 0.314 e. The lowest BCUT2D eigenvalue weighted by Gasteiger charge is -2.43. The fourth-order valence-corrected chi connectivity index (χ4v) is 3.21. The summed E-state index contributed by atoms with van der Waals surface area (Å²) in [6, 6.07) is 7.38. The molecular weight excluding hydrogens is 303 g/mol. The topological polar surface area (TPSA) is 15.3 Å². The van der Waals surface area contributed by atoms with Crippen molar-refractivity contribution in [3.05, 3.63) is 34.9 Å². The van der Waals surface area contributed by atoms with E-state index in [1.54, 1.807) is 0 Å². The zero-order chi connectivity index (χ0) is 14.0. The van der Waals surface area contributed by atoms with E-state index in [1.807, 2.05) is 0 Å². The van der Waals surface area contributed by atoms with E-state index < -0.39 is 0 Å². The number of piperazine rings is 1. The van der Waals surface area contributed by atoms with Crippen molar-refractivity contribution >= 4 is 24.8 Å². The van der Waals surface area contributed by atoms with Crippen LogP contribution >= 0.6 is 24.8 Å². The number of aryl methyl sites for hydroxylation is 2. The number of nitrogens with one attached hydrogen (secondary N) is 1. The molecule has 0 unspecified atom stereocenters. The molecule has 1 aliphatic heterocycles. The van der Waals surface area contributed by atoms with Crippen LogP contribution in [0.5, 0.6) is 0 Å². The maximum Gasteiger partial charge on any atom is 0.0400 e. The molecular formula is C17H30Cl2N2. The Labute approximate surface area is 142 Å². The molecule has 1 fully saturated rings. The first-order chi connectivity index (χ1) is 8.89. The van der Waals surface area contributed by atoms with Gasteiger partial charge in [-0.1, -0.05) is 44.5 Å². The van der Waals surface area contributed by atoms with Gasteiger partial charge in [-0.05, 0) is 30.4 Å². The predicted octanol–water partition coefficient (Wildman–Crippen LogP) is 4.14. The molecule has 0 radical (unpaired) electrons. The zero-order valence-corrected chi connectivity index (χ0v) is 15.5. The molecule has 0 amide bonds. The van der Waals surface area contributed by atoms with Gasteiger partial charge in [0.2, 0.25) is 0 Å². The minimum atomic E-state index is 0. The van der Waals surface area contributed by atoms with E-state index in [-0.39, 0.29) is 30.2 Å². The summed E-state index contributed by atoms with van der Waals surface area (Å²) in [4.78, 5) is 2.65. The number of rotatable bonds is 2. The minimum absolute atomic E-state index is 0. The van der Waals surface area contributed by atoms with Crippen LogP contribution in [0.1, 0.15) is 43.5 Å². The van der Waals surface area contributed by atoms with Crippen LogP contribution in [-0.2, 0) is 0 Å².